The number of aryl methyl sites for hydroxylation is 1. The molecule has 5 nitrogen and oxygen atoms in total. The third-order valence-electron chi connectivity index (χ3n) is 3.26. The molecule has 0 radical (unpaired) electrons. The molecule has 1 fully saturated rings. The highest BCUT2D eigenvalue weighted by Gasteiger charge is 2.26. The Morgan fingerprint density at radius 3 is 3.00 bits per heavy atom. The van der Waals surface area contributed by atoms with E-state index in [9.17, 15) is 4.79 Å². The molecule has 1 amide bonds. The summed E-state index contributed by atoms with van der Waals surface area (Å²) >= 11 is 0. The molecule has 2 rings (SSSR count). The number of pyridine rings is 1. The number of aromatic nitrogens is 1. The van der Waals surface area contributed by atoms with E-state index in [4.69, 9.17) is 5.21 Å². The summed E-state index contributed by atoms with van der Waals surface area (Å²) in [6, 6.07) is 3.53. The summed E-state index contributed by atoms with van der Waals surface area (Å²) in [4.78, 5) is 18.2. The largest absolute Gasteiger partial charge is 0.411 e. The van der Waals surface area contributed by atoms with E-state index in [1.807, 2.05) is 13.8 Å². The van der Waals surface area contributed by atoms with Crippen LogP contribution in [-0.2, 0) is 0 Å². The van der Waals surface area contributed by atoms with E-state index in [0.29, 0.717) is 25.1 Å². The summed E-state index contributed by atoms with van der Waals surface area (Å²) in [7, 11) is 0. The van der Waals surface area contributed by atoms with Crippen LogP contribution in [0.4, 0.5) is 0 Å². The molecule has 1 aliphatic rings. The lowest BCUT2D eigenvalue weighted by Gasteiger charge is -2.31. The first kappa shape index (κ1) is 12.5. The van der Waals surface area contributed by atoms with Gasteiger partial charge in [-0.05, 0) is 19.1 Å². The first-order valence-corrected chi connectivity index (χ1v) is 6.04. The van der Waals surface area contributed by atoms with E-state index in [-0.39, 0.29) is 11.8 Å². The Balaban J connectivity index is 2.12. The second kappa shape index (κ2) is 5.16. The van der Waals surface area contributed by atoms with E-state index < -0.39 is 0 Å². The monoisotopic (exact) mass is 247 g/mol. The summed E-state index contributed by atoms with van der Waals surface area (Å²) in [5.41, 5.74) is 2.27. The molecule has 0 bridgehead atoms. The van der Waals surface area contributed by atoms with E-state index >= 15 is 0 Å². The fourth-order valence-electron chi connectivity index (χ4n) is 2.22. The summed E-state index contributed by atoms with van der Waals surface area (Å²) < 4.78 is 0. The van der Waals surface area contributed by atoms with Crippen LogP contribution >= 0.6 is 0 Å². The second-order valence-corrected chi connectivity index (χ2v) is 4.68. The summed E-state index contributed by atoms with van der Waals surface area (Å²) in [6.07, 6.45) is 2.28. The van der Waals surface area contributed by atoms with Gasteiger partial charge in [-0.15, -0.1) is 0 Å². The smallest absolute Gasteiger partial charge is 0.254 e. The van der Waals surface area contributed by atoms with Crippen LogP contribution in [0.2, 0.25) is 0 Å². The number of hydrogen-bond acceptors (Lipinski definition) is 4. The average molecular weight is 247 g/mol. The molecule has 2 heterocycles. The molecular formula is C13H17N3O2. The number of piperidine rings is 1. The summed E-state index contributed by atoms with van der Waals surface area (Å²) in [5, 5.41) is 12.1. The zero-order valence-electron chi connectivity index (χ0n) is 10.6. The van der Waals surface area contributed by atoms with Crippen LogP contribution in [0.5, 0.6) is 0 Å². The lowest BCUT2D eigenvalue weighted by Crippen LogP contribution is -2.43. The van der Waals surface area contributed by atoms with Crippen LogP contribution in [-0.4, -0.2) is 39.8 Å². The maximum absolute atomic E-state index is 12.3. The first-order chi connectivity index (χ1) is 8.61. The Bertz CT molecular complexity index is 485. The summed E-state index contributed by atoms with van der Waals surface area (Å²) in [6.45, 7) is 5.03. The van der Waals surface area contributed by atoms with Crippen molar-refractivity contribution in [3.63, 3.8) is 0 Å². The number of nitrogens with zero attached hydrogens (tertiary/aromatic N) is 3. The molecule has 1 atom stereocenters. The normalized spacial score (nSPS) is 22.2. The van der Waals surface area contributed by atoms with Crippen molar-refractivity contribution in [2.75, 3.05) is 13.1 Å². The van der Waals surface area contributed by atoms with Gasteiger partial charge in [0, 0.05) is 42.9 Å². The Kier molecular flexibility index (Phi) is 3.60. The average Bonchev–Trinajstić information content (AvgIpc) is 2.37. The summed E-state index contributed by atoms with van der Waals surface area (Å²) in [5.74, 6) is 0.125. The van der Waals surface area contributed by atoms with Crippen molar-refractivity contribution in [3.8, 4) is 0 Å². The highest BCUT2D eigenvalue weighted by atomic mass is 16.4. The van der Waals surface area contributed by atoms with E-state index in [2.05, 4.69) is 10.1 Å². The fraction of sp³-hybridized carbons (Fsp3) is 0.462. The number of carbonyl (C=O) groups excluding carboxylic acids is 1. The van der Waals surface area contributed by atoms with Crippen molar-refractivity contribution >= 4 is 11.6 Å². The Labute approximate surface area is 106 Å². The molecule has 1 unspecified atom stereocenters. The van der Waals surface area contributed by atoms with Gasteiger partial charge < -0.3 is 10.1 Å². The molecule has 1 aromatic heterocycles. The van der Waals surface area contributed by atoms with Gasteiger partial charge in [-0.3, -0.25) is 9.78 Å². The molecule has 0 saturated carbocycles. The van der Waals surface area contributed by atoms with Gasteiger partial charge in [-0.1, -0.05) is 12.1 Å². The van der Waals surface area contributed by atoms with Crippen molar-refractivity contribution in [1.29, 1.82) is 0 Å². The number of hydrogen-bond donors (Lipinski definition) is 1. The van der Waals surface area contributed by atoms with Gasteiger partial charge >= 0.3 is 0 Å². The van der Waals surface area contributed by atoms with E-state index in [0.717, 1.165) is 11.4 Å². The van der Waals surface area contributed by atoms with Gasteiger partial charge in [0.2, 0.25) is 0 Å². The van der Waals surface area contributed by atoms with Crippen molar-refractivity contribution in [3.05, 3.63) is 29.6 Å². The number of oxime groups is 1. The maximum Gasteiger partial charge on any atom is 0.254 e. The molecule has 1 saturated heterocycles. The van der Waals surface area contributed by atoms with Crippen LogP contribution in [0.25, 0.3) is 0 Å². The van der Waals surface area contributed by atoms with Gasteiger partial charge in [0.15, 0.2) is 0 Å². The zero-order valence-corrected chi connectivity index (χ0v) is 10.6. The zero-order chi connectivity index (χ0) is 13.1. The van der Waals surface area contributed by atoms with Gasteiger partial charge in [-0.25, -0.2) is 0 Å². The third kappa shape index (κ3) is 2.50. The van der Waals surface area contributed by atoms with Gasteiger partial charge in [0.25, 0.3) is 5.91 Å². The predicted molar refractivity (Wildman–Crippen MR) is 67.9 cm³/mol. The molecular weight excluding hydrogens is 230 g/mol. The Morgan fingerprint density at radius 2 is 2.39 bits per heavy atom. The molecule has 5 heteroatoms. The minimum Gasteiger partial charge on any atom is -0.411 e. The minimum absolute atomic E-state index is 0.0179. The number of amides is 1. The maximum atomic E-state index is 12.3. The van der Waals surface area contributed by atoms with Gasteiger partial charge in [-0.2, -0.15) is 0 Å². The molecule has 0 aliphatic carbocycles. The Hall–Kier alpha value is -1.91. The fourth-order valence-corrected chi connectivity index (χ4v) is 2.22. The van der Waals surface area contributed by atoms with E-state index in [1.165, 1.54) is 0 Å². The molecule has 18 heavy (non-hydrogen) atoms. The SMILES string of the molecule is Cc1cc(C(=O)N2CC/C(=N\O)C(C)C2)ccn1. The van der Waals surface area contributed by atoms with Crippen molar-refractivity contribution in [1.82, 2.24) is 9.88 Å². The van der Waals surface area contributed by atoms with Gasteiger partial charge in [0.05, 0.1) is 5.71 Å². The highest BCUT2D eigenvalue weighted by molar-refractivity contribution is 5.96. The van der Waals surface area contributed by atoms with Crippen LogP contribution in [0, 0.1) is 12.8 Å². The molecule has 1 N–H and O–H groups in total. The minimum atomic E-state index is 0.0179. The quantitative estimate of drug-likeness (QED) is 0.606. The predicted octanol–water partition coefficient (Wildman–Crippen LogP) is 1.70. The second-order valence-electron chi connectivity index (χ2n) is 4.68. The lowest BCUT2D eigenvalue weighted by atomic mass is 9.97. The van der Waals surface area contributed by atoms with Crippen LogP contribution in [0.1, 0.15) is 29.4 Å². The van der Waals surface area contributed by atoms with Crippen molar-refractivity contribution in [2.45, 2.75) is 20.3 Å². The van der Waals surface area contributed by atoms with Crippen LogP contribution in [0.3, 0.4) is 0 Å². The van der Waals surface area contributed by atoms with Crippen molar-refractivity contribution < 1.29 is 10.0 Å². The topological polar surface area (TPSA) is 65.8 Å². The van der Waals surface area contributed by atoms with Crippen LogP contribution < -0.4 is 0 Å². The highest BCUT2D eigenvalue weighted by Crippen LogP contribution is 2.16. The van der Waals surface area contributed by atoms with Crippen LogP contribution in [0.15, 0.2) is 23.5 Å². The lowest BCUT2D eigenvalue weighted by molar-refractivity contribution is 0.0733. The third-order valence-corrected chi connectivity index (χ3v) is 3.26. The molecule has 1 aliphatic heterocycles. The molecule has 96 valence electrons. The number of rotatable bonds is 1. The van der Waals surface area contributed by atoms with Crippen molar-refractivity contribution in [2.24, 2.45) is 11.1 Å². The standard InChI is InChI=1S/C13H17N3O2/c1-9-8-16(6-4-12(9)15-18)13(17)11-3-5-14-10(2)7-11/h3,5,7,9,18H,4,6,8H2,1-2H3/b15-12+. The number of likely N-dealkylation sites (tertiary alicyclic amines) is 1. The number of carbonyl (C=O) groups is 1. The first-order valence-electron chi connectivity index (χ1n) is 6.04. The molecule has 0 aromatic carbocycles. The molecule has 0 spiro atoms. The van der Waals surface area contributed by atoms with E-state index in [1.54, 1.807) is 23.2 Å². The van der Waals surface area contributed by atoms with Gasteiger partial charge in [0.1, 0.15) is 0 Å². The molecule has 1 aromatic rings. The Morgan fingerprint density at radius 1 is 1.61 bits per heavy atom.